The van der Waals surface area contributed by atoms with Crippen LogP contribution >= 0.6 is 11.3 Å². The lowest BCUT2D eigenvalue weighted by Crippen LogP contribution is -2.41. The molecule has 1 amide bonds. The molecule has 31 heavy (non-hydrogen) atoms. The number of fused-ring (bicyclic) bond motifs is 1. The van der Waals surface area contributed by atoms with Gasteiger partial charge in [-0.1, -0.05) is 24.3 Å². The largest absolute Gasteiger partial charge is 0.493 e. The van der Waals surface area contributed by atoms with E-state index in [-0.39, 0.29) is 18.7 Å². The fourth-order valence-electron chi connectivity index (χ4n) is 3.90. The number of Topliss-reactive ketones (excluding diaryl/α,β-unsaturated/α-hetero) is 1. The maximum atomic E-state index is 13.4. The minimum absolute atomic E-state index is 0.227. The number of benzene rings is 2. The number of methoxy groups -OCH3 is 2. The lowest BCUT2D eigenvalue weighted by atomic mass is 9.89. The van der Waals surface area contributed by atoms with Crippen LogP contribution in [0.4, 0.5) is 5.69 Å². The zero-order chi connectivity index (χ0) is 22.2. The first kappa shape index (κ1) is 21.1. The van der Waals surface area contributed by atoms with E-state index < -0.39 is 11.5 Å². The molecule has 3 aromatic rings. The van der Waals surface area contributed by atoms with Crippen LogP contribution in [0.1, 0.15) is 32.1 Å². The maximum Gasteiger partial charge on any atom is 0.264 e. The van der Waals surface area contributed by atoms with Crippen molar-refractivity contribution in [3.8, 4) is 11.5 Å². The maximum absolute atomic E-state index is 13.4. The summed E-state index contributed by atoms with van der Waals surface area (Å²) in [7, 11) is 3.11. The molecule has 7 heteroatoms. The standard InChI is InChI=1S/C24H23NO5S/c1-15-8-11-22(31-15)19(26)13-24(28)17-6-4-5-7-18(17)25(23(24)27)14-16-9-10-20(29-2)21(12-16)30-3/h4-12,28H,13-14H2,1-3H3. The number of anilines is 1. The highest BCUT2D eigenvalue weighted by molar-refractivity contribution is 7.14. The van der Waals surface area contributed by atoms with Crippen molar-refractivity contribution in [1.29, 1.82) is 0 Å². The van der Waals surface area contributed by atoms with Crippen LogP contribution in [0.3, 0.4) is 0 Å². The normalized spacial score (nSPS) is 17.5. The van der Waals surface area contributed by atoms with Gasteiger partial charge in [0.2, 0.25) is 0 Å². The molecule has 0 aliphatic carbocycles. The van der Waals surface area contributed by atoms with E-state index in [1.54, 1.807) is 50.6 Å². The molecule has 0 spiro atoms. The summed E-state index contributed by atoms with van der Waals surface area (Å²) in [5, 5.41) is 11.4. The second kappa shape index (κ2) is 8.17. The van der Waals surface area contributed by atoms with Crippen molar-refractivity contribution in [2.45, 2.75) is 25.5 Å². The molecule has 2 aromatic carbocycles. The molecule has 1 aromatic heterocycles. The highest BCUT2D eigenvalue weighted by Gasteiger charge is 2.50. The number of ketones is 1. The van der Waals surface area contributed by atoms with Crippen molar-refractivity contribution < 1.29 is 24.2 Å². The van der Waals surface area contributed by atoms with Crippen LogP contribution in [0.15, 0.2) is 54.6 Å². The van der Waals surface area contributed by atoms with Crippen molar-refractivity contribution in [2.24, 2.45) is 0 Å². The summed E-state index contributed by atoms with van der Waals surface area (Å²) in [5.74, 6) is 0.382. The monoisotopic (exact) mass is 437 g/mol. The zero-order valence-corrected chi connectivity index (χ0v) is 18.4. The fraction of sp³-hybridized carbons (Fsp3) is 0.250. The number of hydrogen-bond acceptors (Lipinski definition) is 6. The lowest BCUT2D eigenvalue weighted by molar-refractivity contribution is -0.136. The molecule has 1 atom stereocenters. The number of hydrogen-bond donors (Lipinski definition) is 1. The third-order valence-electron chi connectivity index (χ3n) is 5.46. The molecular weight excluding hydrogens is 414 g/mol. The van der Waals surface area contributed by atoms with Crippen LogP contribution in [-0.2, 0) is 16.9 Å². The van der Waals surface area contributed by atoms with Crippen molar-refractivity contribution in [3.63, 3.8) is 0 Å². The molecule has 1 aliphatic heterocycles. The number of para-hydroxylation sites is 1. The van der Waals surface area contributed by atoms with Gasteiger partial charge in [0.05, 0.1) is 37.7 Å². The van der Waals surface area contributed by atoms with E-state index in [0.717, 1.165) is 10.4 Å². The van der Waals surface area contributed by atoms with Gasteiger partial charge in [0, 0.05) is 10.4 Å². The van der Waals surface area contributed by atoms with Gasteiger partial charge in [0.25, 0.3) is 5.91 Å². The summed E-state index contributed by atoms with van der Waals surface area (Å²) in [5.41, 5.74) is -0.0467. The van der Waals surface area contributed by atoms with Gasteiger partial charge in [-0.05, 0) is 42.8 Å². The summed E-state index contributed by atoms with van der Waals surface area (Å²) in [6.07, 6.45) is -0.300. The molecule has 1 unspecified atom stereocenters. The summed E-state index contributed by atoms with van der Waals surface area (Å²) < 4.78 is 10.6. The molecule has 0 saturated carbocycles. The second-order valence-electron chi connectivity index (χ2n) is 7.47. The Bertz CT molecular complexity index is 1150. The Morgan fingerprint density at radius 3 is 2.48 bits per heavy atom. The first-order chi connectivity index (χ1) is 14.9. The number of thiophene rings is 1. The quantitative estimate of drug-likeness (QED) is 0.564. The molecule has 0 bridgehead atoms. The third kappa shape index (κ3) is 3.71. The summed E-state index contributed by atoms with van der Waals surface area (Å²) in [6, 6.07) is 16.1. The summed E-state index contributed by atoms with van der Waals surface area (Å²) in [6.45, 7) is 2.14. The van der Waals surface area contributed by atoms with E-state index in [9.17, 15) is 14.7 Å². The SMILES string of the molecule is COc1ccc(CN2C(=O)C(O)(CC(=O)c3ccc(C)s3)c3ccccc32)cc1OC. The number of carbonyl (C=O) groups is 2. The predicted octanol–water partition coefficient (Wildman–Crippen LogP) is 4.08. The second-order valence-corrected chi connectivity index (χ2v) is 8.76. The third-order valence-corrected chi connectivity index (χ3v) is 6.50. The number of rotatable bonds is 7. The number of amides is 1. The van der Waals surface area contributed by atoms with Gasteiger partial charge in [-0.3, -0.25) is 9.59 Å². The van der Waals surface area contributed by atoms with E-state index in [1.807, 2.05) is 25.1 Å². The van der Waals surface area contributed by atoms with Crippen molar-refractivity contribution in [2.75, 3.05) is 19.1 Å². The average molecular weight is 438 g/mol. The van der Waals surface area contributed by atoms with Gasteiger partial charge in [-0.15, -0.1) is 11.3 Å². The van der Waals surface area contributed by atoms with Crippen LogP contribution in [0.2, 0.25) is 0 Å². The molecular formula is C24H23NO5S. The first-order valence-corrected chi connectivity index (χ1v) is 10.6. The number of carbonyl (C=O) groups excluding carboxylic acids is 2. The first-order valence-electron chi connectivity index (χ1n) is 9.82. The summed E-state index contributed by atoms with van der Waals surface area (Å²) in [4.78, 5) is 29.3. The van der Waals surface area contributed by atoms with E-state index in [4.69, 9.17) is 9.47 Å². The van der Waals surface area contributed by atoms with Gasteiger partial charge in [-0.25, -0.2) is 0 Å². The molecule has 4 rings (SSSR count). The Hall–Kier alpha value is -3.16. The smallest absolute Gasteiger partial charge is 0.264 e. The topological polar surface area (TPSA) is 76.1 Å². The van der Waals surface area contributed by atoms with Crippen LogP contribution in [0.25, 0.3) is 0 Å². The molecule has 0 fully saturated rings. The molecule has 0 radical (unpaired) electrons. The van der Waals surface area contributed by atoms with Gasteiger partial charge in [-0.2, -0.15) is 0 Å². The van der Waals surface area contributed by atoms with Gasteiger partial charge in [0.1, 0.15) is 0 Å². The fourth-order valence-corrected chi connectivity index (χ4v) is 4.70. The Morgan fingerprint density at radius 2 is 1.81 bits per heavy atom. The Labute approximate surface area is 184 Å². The molecule has 1 aliphatic rings. The van der Waals surface area contributed by atoms with Crippen LogP contribution < -0.4 is 14.4 Å². The molecule has 1 N–H and O–H groups in total. The van der Waals surface area contributed by atoms with Gasteiger partial charge in [0.15, 0.2) is 22.9 Å². The van der Waals surface area contributed by atoms with E-state index in [0.29, 0.717) is 27.6 Å². The number of ether oxygens (including phenoxy) is 2. The van der Waals surface area contributed by atoms with Crippen LogP contribution in [0, 0.1) is 6.92 Å². The number of nitrogens with zero attached hydrogens (tertiary/aromatic N) is 1. The minimum Gasteiger partial charge on any atom is -0.493 e. The van der Waals surface area contributed by atoms with Gasteiger partial charge < -0.3 is 19.5 Å². The van der Waals surface area contributed by atoms with E-state index >= 15 is 0 Å². The van der Waals surface area contributed by atoms with Crippen LogP contribution in [-0.4, -0.2) is 31.0 Å². The highest BCUT2D eigenvalue weighted by atomic mass is 32.1. The van der Waals surface area contributed by atoms with Crippen molar-refractivity contribution in [1.82, 2.24) is 0 Å². The average Bonchev–Trinajstić information content (AvgIpc) is 3.30. The molecule has 2 heterocycles. The van der Waals surface area contributed by atoms with Crippen LogP contribution in [0.5, 0.6) is 11.5 Å². The summed E-state index contributed by atoms with van der Waals surface area (Å²) >= 11 is 1.36. The van der Waals surface area contributed by atoms with Gasteiger partial charge >= 0.3 is 0 Å². The van der Waals surface area contributed by atoms with E-state index in [2.05, 4.69) is 0 Å². The number of aliphatic hydroxyl groups is 1. The Morgan fingerprint density at radius 1 is 1.06 bits per heavy atom. The van der Waals surface area contributed by atoms with Crippen molar-refractivity contribution >= 4 is 28.7 Å². The predicted molar refractivity (Wildman–Crippen MR) is 119 cm³/mol. The number of aryl methyl sites for hydroxylation is 1. The Balaban J connectivity index is 1.67. The highest BCUT2D eigenvalue weighted by Crippen LogP contribution is 2.44. The lowest BCUT2D eigenvalue weighted by Gasteiger charge is -2.23. The zero-order valence-electron chi connectivity index (χ0n) is 17.5. The molecule has 0 saturated heterocycles. The Kier molecular flexibility index (Phi) is 5.56. The van der Waals surface area contributed by atoms with E-state index in [1.165, 1.54) is 16.2 Å². The molecule has 6 nitrogen and oxygen atoms in total. The molecule has 160 valence electrons. The van der Waals surface area contributed by atoms with Crippen molar-refractivity contribution in [3.05, 3.63) is 75.5 Å². The minimum atomic E-state index is -1.90.